The summed E-state index contributed by atoms with van der Waals surface area (Å²) in [5, 5.41) is 0. The van der Waals surface area contributed by atoms with Crippen LogP contribution in [0.2, 0.25) is 0 Å². The lowest BCUT2D eigenvalue weighted by Gasteiger charge is -2.31. The number of esters is 1. The van der Waals surface area contributed by atoms with Crippen LogP contribution in [0.3, 0.4) is 0 Å². The summed E-state index contributed by atoms with van der Waals surface area (Å²) in [5.74, 6) is -0.277. The molecule has 0 N–H and O–H groups in total. The van der Waals surface area contributed by atoms with Crippen LogP contribution < -0.4 is 0 Å². The molecule has 1 aromatic rings. The van der Waals surface area contributed by atoms with Gasteiger partial charge in [0.05, 0.1) is 5.56 Å². The third-order valence-electron chi connectivity index (χ3n) is 3.17. The molecule has 0 aromatic heterocycles. The van der Waals surface area contributed by atoms with Gasteiger partial charge in [0.1, 0.15) is 6.61 Å². The SMILES string of the molecule is C=CCOC(=O)c1cccc(C(C)(C)C)c1C(C)(C)C. The highest BCUT2D eigenvalue weighted by atomic mass is 16.5. The molecular weight excluding hydrogens is 248 g/mol. The molecule has 0 radical (unpaired) electrons. The Morgan fingerprint density at radius 3 is 2.20 bits per heavy atom. The van der Waals surface area contributed by atoms with E-state index >= 15 is 0 Å². The van der Waals surface area contributed by atoms with Crippen molar-refractivity contribution >= 4 is 5.97 Å². The van der Waals surface area contributed by atoms with Crippen LogP contribution in [0.25, 0.3) is 0 Å². The van der Waals surface area contributed by atoms with E-state index in [9.17, 15) is 4.79 Å². The molecule has 0 amide bonds. The summed E-state index contributed by atoms with van der Waals surface area (Å²) in [6, 6.07) is 5.88. The number of carbonyl (C=O) groups is 1. The van der Waals surface area contributed by atoms with Crippen molar-refractivity contribution in [2.75, 3.05) is 6.61 Å². The number of ether oxygens (including phenoxy) is 1. The predicted octanol–water partition coefficient (Wildman–Crippen LogP) is 4.62. The van der Waals surface area contributed by atoms with E-state index in [2.05, 4.69) is 54.2 Å². The van der Waals surface area contributed by atoms with Gasteiger partial charge < -0.3 is 4.74 Å². The van der Waals surface area contributed by atoms with Gasteiger partial charge in [0.15, 0.2) is 0 Å². The van der Waals surface area contributed by atoms with Crippen LogP contribution in [0.1, 0.15) is 63.0 Å². The summed E-state index contributed by atoms with van der Waals surface area (Å²) < 4.78 is 5.22. The van der Waals surface area contributed by atoms with Crippen molar-refractivity contribution in [3.8, 4) is 0 Å². The molecule has 0 fully saturated rings. The minimum atomic E-state index is -0.277. The fourth-order valence-corrected chi connectivity index (χ4v) is 2.37. The maximum atomic E-state index is 12.3. The molecular formula is C18H26O2. The fraction of sp³-hybridized carbons (Fsp3) is 0.500. The Hall–Kier alpha value is -1.57. The molecule has 20 heavy (non-hydrogen) atoms. The van der Waals surface area contributed by atoms with Gasteiger partial charge in [0.2, 0.25) is 0 Å². The lowest BCUT2D eigenvalue weighted by molar-refractivity contribution is 0.0546. The van der Waals surface area contributed by atoms with Crippen molar-refractivity contribution < 1.29 is 9.53 Å². The smallest absolute Gasteiger partial charge is 0.338 e. The van der Waals surface area contributed by atoms with Crippen molar-refractivity contribution in [2.24, 2.45) is 0 Å². The number of hydrogen-bond acceptors (Lipinski definition) is 2. The number of hydrogen-bond donors (Lipinski definition) is 0. The normalized spacial score (nSPS) is 12.1. The fourth-order valence-electron chi connectivity index (χ4n) is 2.37. The van der Waals surface area contributed by atoms with Gasteiger partial charge in [-0.2, -0.15) is 0 Å². The van der Waals surface area contributed by atoms with E-state index in [1.54, 1.807) is 6.08 Å². The summed E-state index contributed by atoms with van der Waals surface area (Å²) in [5.41, 5.74) is 2.79. The Kier molecular flexibility index (Phi) is 4.80. The summed E-state index contributed by atoms with van der Waals surface area (Å²) >= 11 is 0. The third-order valence-corrected chi connectivity index (χ3v) is 3.17. The minimum absolute atomic E-state index is 0.0165. The largest absolute Gasteiger partial charge is 0.458 e. The Morgan fingerprint density at radius 1 is 1.15 bits per heavy atom. The van der Waals surface area contributed by atoms with Crippen LogP contribution in [-0.2, 0) is 15.6 Å². The second kappa shape index (κ2) is 5.82. The first-order valence-corrected chi connectivity index (χ1v) is 7.01. The summed E-state index contributed by atoms with van der Waals surface area (Å²) in [6.07, 6.45) is 1.59. The molecule has 0 aliphatic carbocycles. The van der Waals surface area contributed by atoms with Crippen LogP contribution in [0.5, 0.6) is 0 Å². The second-order valence-electron chi connectivity index (χ2n) is 7.12. The molecule has 0 spiro atoms. The van der Waals surface area contributed by atoms with Crippen molar-refractivity contribution in [3.05, 3.63) is 47.5 Å². The summed E-state index contributed by atoms with van der Waals surface area (Å²) in [6.45, 7) is 16.7. The van der Waals surface area contributed by atoms with Gasteiger partial charge in [-0.1, -0.05) is 66.3 Å². The second-order valence-corrected chi connectivity index (χ2v) is 7.12. The Balaban J connectivity index is 3.46. The number of benzene rings is 1. The highest BCUT2D eigenvalue weighted by Gasteiger charge is 2.29. The zero-order valence-electron chi connectivity index (χ0n) is 13.5. The van der Waals surface area contributed by atoms with E-state index < -0.39 is 0 Å². The average Bonchev–Trinajstić information content (AvgIpc) is 2.32. The van der Waals surface area contributed by atoms with Crippen molar-refractivity contribution in [1.82, 2.24) is 0 Å². The lowest BCUT2D eigenvalue weighted by Crippen LogP contribution is -2.25. The van der Waals surface area contributed by atoms with Crippen molar-refractivity contribution in [2.45, 2.75) is 52.4 Å². The predicted molar refractivity (Wildman–Crippen MR) is 84.3 cm³/mol. The van der Waals surface area contributed by atoms with Gasteiger partial charge >= 0.3 is 5.97 Å². The standard InChI is InChI=1S/C18H26O2/c1-8-12-20-16(19)13-10-9-11-14(17(2,3)4)15(13)18(5,6)7/h8-11H,1,12H2,2-7H3. The summed E-state index contributed by atoms with van der Waals surface area (Å²) in [7, 11) is 0. The van der Waals surface area contributed by atoms with E-state index in [-0.39, 0.29) is 23.4 Å². The Bertz CT molecular complexity index is 499. The minimum Gasteiger partial charge on any atom is -0.458 e. The zero-order valence-corrected chi connectivity index (χ0v) is 13.5. The molecule has 1 aromatic carbocycles. The lowest BCUT2D eigenvalue weighted by atomic mass is 9.73. The molecule has 110 valence electrons. The first-order valence-electron chi connectivity index (χ1n) is 7.01. The molecule has 0 bridgehead atoms. The summed E-state index contributed by atoms with van der Waals surface area (Å²) in [4.78, 5) is 12.3. The van der Waals surface area contributed by atoms with E-state index in [4.69, 9.17) is 4.74 Å². The number of carbonyl (C=O) groups excluding carboxylic acids is 1. The quantitative estimate of drug-likeness (QED) is 0.593. The molecule has 0 aliphatic heterocycles. The monoisotopic (exact) mass is 274 g/mol. The Morgan fingerprint density at radius 2 is 1.75 bits per heavy atom. The molecule has 0 saturated heterocycles. The molecule has 0 aliphatic rings. The zero-order chi connectivity index (χ0) is 15.6. The maximum Gasteiger partial charge on any atom is 0.338 e. The molecule has 0 saturated carbocycles. The van der Waals surface area contributed by atoms with E-state index in [1.807, 2.05) is 12.1 Å². The van der Waals surface area contributed by atoms with E-state index in [0.29, 0.717) is 5.56 Å². The maximum absolute atomic E-state index is 12.3. The average molecular weight is 274 g/mol. The Labute approximate surface area is 122 Å². The molecule has 0 atom stereocenters. The highest BCUT2D eigenvalue weighted by molar-refractivity contribution is 5.92. The van der Waals surface area contributed by atoms with Crippen molar-refractivity contribution in [1.29, 1.82) is 0 Å². The first kappa shape index (κ1) is 16.5. The van der Waals surface area contributed by atoms with Gasteiger partial charge in [-0.25, -0.2) is 4.79 Å². The number of rotatable bonds is 3. The highest BCUT2D eigenvalue weighted by Crippen LogP contribution is 2.36. The first-order chi connectivity index (χ1) is 9.09. The van der Waals surface area contributed by atoms with Gasteiger partial charge in [-0.15, -0.1) is 0 Å². The molecule has 0 heterocycles. The molecule has 2 heteroatoms. The van der Waals surface area contributed by atoms with Gasteiger partial charge in [-0.3, -0.25) is 0 Å². The van der Waals surface area contributed by atoms with Gasteiger partial charge in [0.25, 0.3) is 0 Å². The van der Waals surface area contributed by atoms with Crippen LogP contribution in [0, 0.1) is 0 Å². The van der Waals surface area contributed by atoms with Crippen LogP contribution in [-0.4, -0.2) is 12.6 Å². The third kappa shape index (κ3) is 3.72. The van der Waals surface area contributed by atoms with Crippen molar-refractivity contribution in [3.63, 3.8) is 0 Å². The topological polar surface area (TPSA) is 26.3 Å². The van der Waals surface area contributed by atoms with Crippen LogP contribution in [0.15, 0.2) is 30.9 Å². The molecule has 1 rings (SSSR count). The van der Waals surface area contributed by atoms with Gasteiger partial charge in [-0.05, 0) is 28.0 Å². The molecule has 0 unspecified atom stereocenters. The molecule has 2 nitrogen and oxygen atoms in total. The van der Waals surface area contributed by atoms with Crippen LogP contribution >= 0.6 is 0 Å². The van der Waals surface area contributed by atoms with Crippen LogP contribution in [0.4, 0.5) is 0 Å². The van der Waals surface area contributed by atoms with Gasteiger partial charge in [0, 0.05) is 0 Å². The van der Waals surface area contributed by atoms with E-state index in [0.717, 1.165) is 5.56 Å². The van der Waals surface area contributed by atoms with E-state index in [1.165, 1.54) is 5.56 Å².